The first-order valence-corrected chi connectivity index (χ1v) is 8.59. The number of anilines is 2. The normalized spacial score (nSPS) is 17.0. The molecule has 1 atom stereocenters. The Morgan fingerprint density at radius 2 is 2.26 bits per heavy atom. The van der Waals surface area contributed by atoms with Gasteiger partial charge in [-0.1, -0.05) is 26.0 Å². The average molecular weight is 331 g/mol. The van der Waals surface area contributed by atoms with E-state index in [0.29, 0.717) is 24.8 Å². The Bertz CT molecular complexity index is 699. The van der Waals surface area contributed by atoms with E-state index in [9.17, 15) is 4.79 Å². The summed E-state index contributed by atoms with van der Waals surface area (Å²) in [7, 11) is 1.63. The van der Waals surface area contributed by atoms with E-state index < -0.39 is 0 Å². The molecule has 1 aliphatic rings. The van der Waals surface area contributed by atoms with Gasteiger partial charge in [0.1, 0.15) is 10.7 Å². The number of hydrogen-bond donors (Lipinski definition) is 1. The Balaban J connectivity index is 1.91. The van der Waals surface area contributed by atoms with E-state index in [1.807, 2.05) is 34.5 Å². The third-order valence-corrected chi connectivity index (χ3v) is 4.83. The lowest BCUT2D eigenvalue weighted by molar-refractivity contribution is 0.0979. The van der Waals surface area contributed by atoms with Crippen LogP contribution in [-0.4, -0.2) is 30.6 Å². The highest BCUT2D eigenvalue weighted by Gasteiger charge is 2.30. The Morgan fingerprint density at radius 1 is 1.48 bits per heavy atom. The lowest BCUT2D eigenvalue weighted by Gasteiger charge is -2.37. The second-order valence-electron chi connectivity index (χ2n) is 5.99. The molecular weight excluding hydrogens is 310 g/mol. The van der Waals surface area contributed by atoms with E-state index in [-0.39, 0.29) is 11.9 Å². The molecule has 1 unspecified atom stereocenters. The van der Waals surface area contributed by atoms with E-state index in [0.717, 1.165) is 16.4 Å². The van der Waals surface area contributed by atoms with Gasteiger partial charge in [0.15, 0.2) is 0 Å². The summed E-state index contributed by atoms with van der Waals surface area (Å²) >= 11 is 1.46. The molecule has 1 amide bonds. The molecule has 2 heterocycles. The van der Waals surface area contributed by atoms with Gasteiger partial charge in [-0.15, -0.1) is 11.3 Å². The van der Waals surface area contributed by atoms with Gasteiger partial charge in [0, 0.05) is 25.1 Å². The van der Waals surface area contributed by atoms with Crippen molar-refractivity contribution in [3.05, 3.63) is 40.3 Å². The zero-order chi connectivity index (χ0) is 16.4. The Hall–Kier alpha value is -1.92. The minimum absolute atomic E-state index is 0.0526. The summed E-state index contributed by atoms with van der Waals surface area (Å²) in [4.78, 5) is 19.2. The van der Waals surface area contributed by atoms with Crippen LogP contribution in [0.3, 0.4) is 0 Å². The highest BCUT2D eigenvalue weighted by Crippen LogP contribution is 2.33. The predicted molar refractivity (Wildman–Crippen MR) is 93.2 cm³/mol. The number of amides is 1. The maximum Gasteiger partial charge on any atom is 0.277 e. The fraction of sp³-hybridized carbons (Fsp3) is 0.412. The number of para-hydroxylation sites is 2. The molecule has 0 spiro atoms. The average Bonchev–Trinajstić information content (AvgIpc) is 3.02. The molecule has 0 radical (unpaired) electrons. The van der Waals surface area contributed by atoms with Crippen molar-refractivity contribution in [1.82, 2.24) is 4.98 Å². The smallest absolute Gasteiger partial charge is 0.277 e. The lowest BCUT2D eigenvalue weighted by atomic mass is 9.99. The van der Waals surface area contributed by atoms with E-state index in [1.54, 1.807) is 7.11 Å². The molecule has 2 aromatic rings. The van der Waals surface area contributed by atoms with Crippen molar-refractivity contribution in [3.8, 4) is 0 Å². The van der Waals surface area contributed by atoms with Crippen LogP contribution in [0.1, 0.15) is 29.3 Å². The van der Waals surface area contributed by atoms with Gasteiger partial charge in [0.05, 0.1) is 18.0 Å². The maximum absolute atomic E-state index is 12.9. The van der Waals surface area contributed by atoms with E-state index in [2.05, 4.69) is 24.1 Å². The number of hydrogen-bond acceptors (Lipinski definition) is 5. The zero-order valence-electron chi connectivity index (χ0n) is 13.6. The number of fused-ring (bicyclic) bond motifs is 1. The minimum atomic E-state index is -0.0526. The van der Waals surface area contributed by atoms with Crippen LogP contribution in [0, 0.1) is 5.92 Å². The SMILES string of the molecule is COCc1nc(C(=O)N2CC(C(C)C)Nc3ccccc32)cs1. The highest BCUT2D eigenvalue weighted by atomic mass is 32.1. The number of ether oxygens (including phenoxy) is 1. The van der Waals surface area contributed by atoms with Crippen molar-refractivity contribution in [1.29, 1.82) is 0 Å². The first-order valence-electron chi connectivity index (χ1n) is 7.71. The summed E-state index contributed by atoms with van der Waals surface area (Å²) < 4.78 is 5.08. The van der Waals surface area contributed by atoms with Crippen LogP contribution in [-0.2, 0) is 11.3 Å². The molecule has 0 saturated heterocycles. The quantitative estimate of drug-likeness (QED) is 0.933. The number of thiazole rings is 1. The monoisotopic (exact) mass is 331 g/mol. The topological polar surface area (TPSA) is 54.5 Å². The van der Waals surface area contributed by atoms with Gasteiger partial charge < -0.3 is 15.0 Å². The Labute approximate surface area is 140 Å². The summed E-state index contributed by atoms with van der Waals surface area (Å²) in [6.45, 7) is 5.40. The molecule has 1 aliphatic heterocycles. The van der Waals surface area contributed by atoms with Crippen molar-refractivity contribution in [2.45, 2.75) is 26.5 Å². The number of carbonyl (C=O) groups is 1. The largest absolute Gasteiger partial charge is 0.379 e. The van der Waals surface area contributed by atoms with Gasteiger partial charge in [0.2, 0.25) is 0 Å². The third kappa shape index (κ3) is 3.23. The molecule has 0 saturated carbocycles. The molecule has 23 heavy (non-hydrogen) atoms. The second-order valence-corrected chi connectivity index (χ2v) is 6.93. The van der Waals surface area contributed by atoms with Crippen molar-refractivity contribution in [3.63, 3.8) is 0 Å². The first-order chi connectivity index (χ1) is 11.1. The second kappa shape index (κ2) is 6.68. The van der Waals surface area contributed by atoms with Crippen LogP contribution >= 0.6 is 11.3 Å². The maximum atomic E-state index is 12.9. The predicted octanol–water partition coefficient (Wildman–Crippen LogP) is 3.39. The van der Waals surface area contributed by atoms with Gasteiger partial charge in [-0.3, -0.25) is 4.79 Å². The fourth-order valence-electron chi connectivity index (χ4n) is 2.68. The van der Waals surface area contributed by atoms with Gasteiger partial charge >= 0.3 is 0 Å². The number of aromatic nitrogens is 1. The third-order valence-electron chi connectivity index (χ3n) is 4.00. The molecule has 1 N–H and O–H groups in total. The molecule has 122 valence electrons. The Morgan fingerprint density at radius 3 is 3.00 bits per heavy atom. The molecule has 1 aromatic heterocycles. The molecule has 0 aliphatic carbocycles. The zero-order valence-corrected chi connectivity index (χ0v) is 14.4. The molecular formula is C17H21N3O2S. The van der Waals surface area contributed by atoms with E-state index in [4.69, 9.17) is 4.74 Å². The van der Waals surface area contributed by atoms with Crippen molar-refractivity contribution in [2.75, 3.05) is 23.9 Å². The summed E-state index contributed by atoms with van der Waals surface area (Å²) in [5, 5.41) is 6.16. The number of nitrogens with zero attached hydrogens (tertiary/aromatic N) is 2. The summed E-state index contributed by atoms with van der Waals surface area (Å²) in [5.41, 5.74) is 2.40. The van der Waals surface area contributed by atoms with Gasteiger partial charge in [-0.25, -0.2) is 4.98 Å². The molecule has 1 aromatic carbocycles. The standard InChI is InChI=1S/C17H21N3O2S/c1-11(2)13-8-20(15-7-5-4-6-12(15)18-13)17(21)14-10-23-16(19-14)9-22-3/h4-7,10-11,13,18H,8-9H2,1-3H3. The number of nitrogens with one attached hydrogen (secondary N) is 1. The number of benzene rings is 1. The number of rotatable bonds is 4. The summed E-state index contributed by atoms with van der Waals surface area (Å²) in [6.07, 6.45) is 0. The summed E-state index contributed by atoms with van der Waals surface area (Å²) in [6, 6.07) is 8.15. The molecule has 5 nitrogen and oxygen atoms in total. The fourth-order valence-corrected chi connectivity index (χ4v) is 3.42. The van der Waals surface area contributed by atoms with Crippen LogP contribution in [0.25, 0.3) is 0 Å². The van der Waals surface area contributed by atoms with Crippen molar-refractivity contribution in [2.24, 2.45) is 5.92 Å². The number of methoxy groups -OCH3 is 1. The van der Waals surface area contributed by atoms with Crippen LogP contribution < -0.4 is 10.2 Å². The van der Waals surface area contributed by atoms with Crippen molar-refractivity contribution >= 4 is 28.6 Å². The van der Waals surface area contributed by atoms with Crippen molar-refractivity contribution < 1.29 is 9.53 Å². The van der Waals surface area contributed by atoms with Crippen LogP contribution in [0.5, 0.6) is 0 Å². The molecule has 0 fully saturated rings. The van der Waals surface area contributed by atoms with Gasteiger partial charge in [-0.2, -0.15) is 0 Å². The van der Waals surface area contributed by atoms with Gasteiger partial charge in [0.25, 0.3) is 5.91 Å². The lowest BCUT2D eigenvalue weighted by Crippen LogP contribution is -2.47. The van der Waals surface area contributed by atoms with E-state index in [1.165, 1.54) is 11.3 Å². The van der Waals surface area contributed by atoms with Crippen LogP contribution in [0.4, 0.5) is 11.4 Å². The number of carbonyl (C=O) groups excluding carboxylic acids is 1. The van der Waals surface area contributed by atoms with Crippen LogP contribution in [0.2, 0.25) is 0 Å². The molecule has 3 rings (SSSR count). The summed E-state index contributed by atoms with van der Waals surface area (Å²) in [5.74, 6) is 0.376. The molecule has 0 bridgehead atoms. The Kier molecular flexibility index (Phi) is 4.63. The molecule has 6 heteroatoms. The first kappa shape index (κ1) is 16.0. The highest BCUT2D eigenvalue weighted by molar-refractivity contribution is 7.09. The van der Waals surface area contributed by atoms with Crippen LogP contribution in [0.15, 0.2) is 29.6 Å². The van der Waals surface area contributed by atoms with E-state index >= 15 is 0 Å². The minimum Gasteiger partial charge on any atom is -0.379 e. The van der Waals surface area contributed by atoms with Gasteiger partial charge in [-0.05, 0) is 18.1 Å².